The SMILES string of the molecule is Cc1ccnc2c1C(=O)C=CC2=O. The van der Waals surface area contributed by atoms with Crippen molar-refractivity contribution in [1.29, 1.82) is 0 Å². The van der Waals surface area contributed by atoms with Crippen molar-refractivity contribution in [3.63, 3.8) is 0 Å². The van der Waals surface area contributed by atoms with Crippen LogP contribution in [0.4, 0.5) is 0 Å². The van der Waals surface area contributed by atoms with Crippen molar-refractivity contribution in [3.8, 4) is 0 Å². The van der Waals surface area contributed by atoms with Gasteiger partial charge in [0.25, 0.3) is 0 Å². The van der Waals surface area contributed by atoms with E-state index in [1.165, 1.54) is 12.2 Å². The highest BCUT2D eigenvalue weighted by Gasteiger charge is 2.21. The number of fused-ring (bicyclic) bond motifs is 1. The second kappa shape index (κ2) is 2.62. The predicted octanol–water partition coefficient (Wildman–Crippen LogP) is 1.33. The van der Waals surface area contributed by atoms with Crippen molar-refractivity contribution < 1.29 is 9.59 Å². The summed E-state index contributed by atoms with van der Waals surface area (Å²) in [7, 11) is 0. The summed E-state index contributed by atoms with van der Waals surface area (Å²) in [5.41, 5.74) is 1.51. The van der Waals surface area contributed by atoms with E-state index in [4.69, 9.17) is 0 Å². The summed E-state index contributed by atoms with van der Waals surface area (Å²) in [4.78, 5) is 26.5. The smallest absolute Gasteiger partial charge is 0.205 e. The summed E-state index contributed by atoms with van der Waals surface area (Å²) in [5, 5.41) is 0. The Morgan fingerprint density at radius 1 is 1.15 bits per heavy atom. The second-order valence-electron chi connectivity index (χ2n) is 2.91. The van der Waals surface area contributed by atoms with Crippen LogP contribution in [0, 0.1) is 6.92 Å². The summed E-state index contributed by atoms with van der Waals surface area (Å²) in [6, 6.07) is 1.73. The predicted molar refractivity (Wildman–Crippen MR) is 46.8 cm³/mol. The number of ketones is 2. The summed E-state index contributed by atoms with van der Waals surface area (Å²) < 4.78 is 0. The zero-order valence-electron chi connectivity index (χ0n) is 7.07. The highest BCUT2D eigenvalue weighted by atomic mass is 16.1. The van der Waals surface area contributed by atoms with E-state index in [0.717, 1.165) is 5.56 Å². The van der Waals surface area contributed by atoms with Crippen LogP contribution in [0.25, 0.3) is 0 Å². The minimum Gasteiger partial charge on any atom is -0.289 e. The first-order chi connectivity index (χ1) is 6.20. The van der Waals surface area contributed by atoms with Crippen molar-refractivity contribution in [1.82, 2.24) is 4.98 Å². The molecular weight excluding hydrogens is 166 g/mol. The number of carbonyl (C=O) groups is 2. The molecule has 1 aliphatic rings. The lowest BCUT2D eigenvalue weighted by molar-refractivity contribution is 0.0990. The van der Waals surface area contributed by atoms with Crippen LogP contribution in [0.15, 0.2) is 24.4 Å². The maximum atomic E-state index is 11.4. The van der Waals surface area contributed by atoms with Gasteiger partial charge in [0.1, 0.15) is 5.69 Å². The van der Waals surface area contributed by atoms with Gasteiger partial charge < -0.3 is 0 Å². The lowest BCUT2D eigenvalue weighted by Gasteiger charge is -2.09. The summed E-state index contributed by atoms with van der Waals surface area (Å²) >= 11 is 0. The first-order valence-electron chi connectivity index (χ1n) is 3.92. The quantitative estimate of drug-likeness (QED) is 0.594. The molecule has 0 N–H and O–H groups in total. The lowest BCUT2D eigenvalue weighted by Crippen LogP contribution is -2.14. The normalized spacial score (nSPS) is 14.5. The Labute approximate surface area is 75.1 Å². The Morgan fingerprint density at radius 3 is 2.54 bits per heavy atom. The van der Waals surface area contributed by atoms with Gasteiger partial charge in [-0.3, -0.25) is 14.6 Å². The van der Waals surface area contributed by atoms with Crippen LogP contribution in [-0.2, 0) is 0 Å². The molecule has 0 atom stereocenters. The maximum Gasteiger partial charge on any atom is 0.205 e. The van der Waals surface area contributed by atoms with Crippen LogP contribution in [0.3, 0.4) is 0 Å². The van der Waals surface area contributed by atoms with Gasteiger partial charge in [0.05, 0.1) is 5.56 Å². The van der Waals surface area contributed by atoms with Crippen LogP contribution in [0.2, 0.25) is 0 Å². The van der Waals surface area contributed by atoms with Crippen molar-refractivity contribution in [2.24, 2.45) is 0 Å². The monoisotopic (exact) mass is 173 g/mol. The number of pyridine rings is 1. The molecule has 1 aromatic heterocycles. The van der Waals surface area contributed by atoms with Gasteiger partial charge in [-0.1, -0.05) is 0 Å². The van der Waals surface area contributed by atoms with Gasteiger partial charge in [0.15, 0.2) is 5.78 Å². The van der Waals surface area contributed by atoms with E-state index in [-0.39, 0.29) is 17.3 Å². The van der Waals surface area contributed by atoms with Gasteiger partial charge >= 0.3 is 0 Å². The van der Waals surface area contributed by atoms with Gasteiger partial charge in [0.2, 0.25) is 5.78 Å². The van der Waals surface area contributed by atoms with E-state index in [1.807, 2.05) is 0 Å². The average molecular weight is 173 g/mol. The number of carbonyl (C=O) groups excluding carboxylic acids is 2. The van der Waals surface area contributed by atoms with Crippen LogP contribution in [-0.4, -0.2) is 16.6 Å². The highest BCUT2D eigenvalue weighted by molar-refractivity contribution is 6.21. The molecule has 0 aliphatic heterocycles. The zero-order chi connectivity index (χ0) is 9.42. The first-order valence-corrected chi connectivity index (χ1v) is 3.92. The number of nitrogens with zero attached hydrogens (tertiary/aromatic N) is 1. The number of aromatic nitrogens is 1. The average Bonchev–Trinajstić information content (AvgIpc) is 2.12. The first kappa shape index (κ1) is 7.86. The highest BCUT2D eigenvalue weighted by Crippen LogP contribution is 2.17. The minimum absolute atomic E-state index is 0.139. The Balaban J connectivity index is 2.76. The molecular formula is C10H7NO2. The molecule has 0 unspecified atom stereocenters. The van der Waals surface area contributed by atoms with E-state index < -0.39 is 0 Å². The standard InChI is InChI=1S/C10H7NO2/c1-6-4-5-11-10-8(13)3-2-7(12)9(6)10/h2-5H,1H3. The van der Waals surface area contributed by atoms with Gasteiger partial charge in [-0.25, -0.2) is 0 Å². The molecule has 1 heterocycles. The molecule has 64 valence electrons. The van der Waals surface area contributed by atoms with Gasteiger partial charge in [-0.15, -0.1) is 0 Å². The van der Waals surface area contributed by atoms with E-state index >= 15 is 0 Å². The minimum atomic E-state index is -0.196. The Kier molecular flexibility index (Phi) is 1.59. The number of hydrogen-bond acceptors (Lipinski definition) is 3. The number of hydrogen-bond donors (Lipinski definition) is 0. The van der Waals surface area contributed by atoms with E-state index in [9.17, 15) is 9.59 Å². The van der Waals surface area contributed by atoms with Crippen molar-refractivity contribution in [2.45, 2.75) is 6.92 Å². The van der Waals surface area contributed by atoms with Gasteiger partial charge in [-0.2, -0.15) is 0 Å². The molecule has 0 radical (unpaired) electrons. The van der Waals surface area contributed by atoms with E-state index in [2.05, 4.69) is 4.98 Å². The number of rotatable bonds is 0. The lowest BCUT2D eigenvalue weighted by atomic mass is 9.96. The molecule has 0 bridgehead atoms. The van der Waals surface area contributed by atoms with Crippen LogP contribution >= 0.6 is 0 Å². The maximum absolute atomic E-state index is 11.4. The Hall–Kier alpha value is -1.77. The fraction of sp³-hybridized carbons (Fsp3) is 0.100. The number of allylic oxidation sites excluding steroid dienone is 2. The van der Waals surface area contributed by atoms with Crippen LogP contribution in [0.1, 0.15) is 26.4 Å². The molecule has 3 heteroatoms. The fourth-order valence-corrected chi connectivity index (χ4v) is 1.37. The number of aryl methyl sites for hydroxylation is 1. The van der Waals surface area contributed by atoms with Gasteiger partial charge in [0, 0.05) is 6.20 Å². The van der Waals surface area contributed by atoms with Crippen LogP contribution in [0.5, 0.6) is 0 Å². The third kappa shape index (κ3) is 1.09. The zero-order valence-corrected chi connectivity index (χ0v) is 7.07. The Morgan fingerprint density at radius 2 is 1.85 bits per heavy atom. The molecule has 0 spiro atoms. The van der Waals surface area contributed by atoms with Crippen LogP contribution < -0.4 is 0 Å². The molecule has 0 fully saturated rings. The molecule has 0 saturated heterocycles. The second-order valence-corrected chi connectivity index (χ2v) is 2.91. The molecule has 3 nitrogen and oxygen atoms in total. The molecule has 0 amide bonds. The molecule has 0 saturated carbocycles. The van der Waals surface area contributed by atoms with Gasteiger partial charge in [-0.05, 0) is 30.7 Å². The summed E-state index contributed by atoms with van der Waals surface area (Å²) in [6.07, 6.45) is 4.09. The third-order valence-electron chi connectivity index (χ3n) is 2.03. The summed E-state index contributed by atoms with van der Waals surface area (Å²) in [6.45, 7) is 1.80. The van der Waals surface area contributed by atoms with E-state index in [1.54, 1.807) is 19.2 Å². The molecule has 1 aromatic rings. The molecule has 1 aliphatic carbocycles. The third-order valence-corrected chi connectivity index (χ3v) is 2.03. The fourth-order valence-electron chi connectivity index (χ4n) is 1.37. The largest absolute Gasteiger partial charge is 0.289 e. The van der Waals surface area contributed by atoms with Crippen molar-refractivity contribution in [3.05, 3.63) is 41.2 Å². The Bertz CT molecular complexity index is 433. The van der Waals surface area contributed by atoms with Crippen molar-refractivity contribution in [2.75, 3.05) is 0 Å². The van der Waals surface area contributed by atoms with E-state index in [0.29, 0.717) is 5.56 Å². The van der Waals surface area contributed by atoms with Crippen molar-refractivity contribution >= 4 is 11.6 Å². The molecule has 0 aromatic carbocycles. The topological polar surface area (TPSA) is 47.0 Å². The summed E-state index contributed by atoms with van der Waals surface area (Å²) in [5.74, 6) is -0.335. The molecule has 13 heavy (non-hydrogen) atoms. The molecule has 2 rings (SSSR count).